The van der Waals surface area contributed by atoms with Crippen LogP contribution in [0.5, 0.6) is 5.75 Å². The van der Waals surface area contributed by atoms with E-state index in [1.165, 1.54) is 0 Å². The number of ether oxygens (including phenoxy) is 2. The number of hydrogen-bond acceptors (Lipinski definition) is 9. The third-order valence-corrected chi connectivity index (χ3v) is 5.78. The van der Waals surface area contributed by atoms with E-state index in [9.17, 15) is 0 Å². The van der Waals surface area contributed by atoms with Gasteiger partial charge in [0.05, 0.1) is 19.3 Å². The number of nitrogens with zero attached hydrogens (tertiary/aromatic N) is 5. The lowest BCUT2D eigenvalue weighted by Gasteiger charge is -2.31. The molecule has 1 N–H and O–H groups in total. The van der Waals surface area contributed by atoms with Crippen LogP contribution in [0.4, 0.5) is 11.5 Å². The Balaban J connectivity index is 1.25. The Kier molecular flexibility index (Phi) is 5.35. The minimum Gasteiger partial charge on any atom is -0.488 e. The molecule has 1 aliphatic heterocycles. The van der Waals surface area contributed by atoms with E-state index >= 15 is 0 Å². The highest BCUT2D eigenvalue weighted by atomic mass is 16.6. The van der Waals surface area contributed by atoms with E-state index in [-0.39, 0.29) is 6.10 Å². The highest BCUT2D eigenvalue weighted by molar-refractivity contribution is 5.84. The number of anilines is 2. The predicted octanol–water partition coefficient (Wildman–Crippen LogP) is 2.96. The molecule has 9 nitrogen and oxygen atoms in total. The minimum atomic E-state index is 0.148. The van der Waals surface area contributed by atoms with Crippen molar-refractivity contribution in [1.82, 2.24) is 20.3 Å². The first-order valence-electron chi connectivity index (χ1n) is 10.6. The first kappa shape index (κ1) is 19.0. The molecule has 2 fully saturated rings. The highest BCUT2D eigenvalue weighted by Crippen LogP contribution is 2.33. The van der Waals surface area contributed by atoms with E-state index in [1.54, 1.807) is 6.20 Å². The maximum atomic E-state index is 6.40. The molecule has 1 aromatic carbocycles. The van der Waals surface area contributed by atoms with Gasteiger partial charge in [-0.05, 0) is 55.1 Å². The van der Waals surface area contributed by atoms with Crippen molar-refractivity contribution in [2.24, 2.45) is 0 Å². The molecule has 0 amide bonds. The summed E-state index contributed by atoms with van der Waals surface area (Å²) in [5.41, 5.74) is 2.48. The summed E-state index contributed by atoms with van der Waals surface area (Å²) in [6, 6.07) is 6.38. The summed E-state index contributed by atoms with van der Waals surface area (Å²) in [5, 5.41) is 11.6. The van der Waals surface area contributed by atoms with Gasteiger partial charge in [-0.2, -0.15) is 0 Å². The van der Waals surface area contributed by atoms with E-state index in [2.05, 4.69) is 36.6 Å². The molecular formula is C21H26N6O3. The van der Waals surface area contributed by atoms with Crippen molar-refractivity contribution < 1.29 is 14.1 Å². The maximum absolute atomic E-state index is 6.40. The van der Waals surface area contributed by atoms with Crippen LogP contribution in [0, 0.1) is 6.92 Å². The fourth-order valence-electron chi connectivity index (χ4n) is 4.19. The van der Waals surface area contributed by atoms with Crippen molar-refractivity contribution in [3.63, 3.8) is 0 Å². The lowest BCUT2D eigenvalue weighted by atomic mass is 9.93. The number of benzene rings is 1. The molecule has 5 rings (SSSR count). The van der Waals surface area contributed by atoms with Crippen molar-refractivity contribution in [1.29, 1.82) is 0 Å². The van der Waals surface area contributed by atoms with Crippen LogP contribution in [0.2, 0.25) is 0 Å². The number of rotatable bonds is 5. The second-order valence-corrected chi connectivity index (χ2v) is 7.90. The van der Waals surface area contributed by atoms with Crippen LogP contribution in [0.15, 0.2) is 29.0 Å². The molecule has 0 radical (unpaired) electrons. The summed E-state index contributed by atoms with van der Waals surface area (Å²) in [7, 11) is 0. The summed E-state index contributed by atoms with van der Waals surface area (Å²) in [4.78, 5) is 10.9. The van der Waals surface area contributed by atoms with Crippen molar-refractivity contribution in [2.45, 2.75) is 44.8 Å². The van der Waals surface area contributed by atoms with Crippen LogP contribution in [0.3, 0.4) is 0 Å². The molecule has 0 spiro atoms. The average molecular weight is 410 g/mol. The van der Waals surface area contributed by atoms with Gasteiger partial charge >= 0.3 is 0 Å². The summed E-state index contributed by atoms with van der Waals surface area (Å²) in [5.74, 6) is 2.42. The van der Waals surface area contributed by atoms with Gasteiger partial charge in [0.1, 0.15) is 17.2 Å². The van der Waals surface area contributed by atoms with Gasteiger partial charge in [0.25, 0.3) is 0 Å². The Morgan fingerprint density at radius 1 is 1.10 bits per heavy atom. The Morgan fingerprint density at radius 3 is 2.73 bits per heavy atom. The highest BCUT2D eigenvalue weighted by Gasteiger charge is 2.25. The van der Waals surface area contributed by atoms with Crippen LogP contribution in [0.25, 0.3) is 11.0 Å². The number of fused-ring (bicyclic) bond motifs is 1. The molecule has 1 saturated carbocycles. The summed E-state index contributed by atoms with van der Waals surface area (Å²) in [6.07, 6.45) is 5.92. The molecule has 0 atom stereocenters. The van der Waals surface area contributed by atoms with Crippen molar-refractivity contribution in [3.8, 4) is 5.75 Å². The monoisotopic (exact) mass is 410 g/mol. The first-order chi connectivity index (χ1) is 14.7. The lowest BCUT2D eigenvalue weighted by Crippen LogP contribution is -2.36. The number of aryl methyl sites for hydroxylation is 1. The molecule has 1 saturated heterocycles. The van der Waals surface area contributed by atoms with E-state index in [4.69, 9.17) is 14.1 Å². The van der Waals surface area contributed by atoms with Crippen LogP contribution < -0.4 is 15.0 Å². The van der Waals surface area contributed by atoms with Gasteiger partial charge in [-0.15, -0.1) is 0 Å². The molecule has 1 aliphatic carbocycles. The number of hydrogen-bond donors (Lipinski definition) is 1. The predicted molar refractivity (Wildman–Crippen MR) is 112 cm³/mol. The topological polar surface area (TPSA) is 98.4 Å². The Hall–Kier alpha value is -2.94. The van der Waals surface area contributed by atoms with E-state index in [0.717, 1.165) is 80.6 Å². The summed E-state index contributed by atoms with van der Waals surface area (Å²) >= 11 is 0. The second kappa shape index (κ2) is 8.43. The summed E-state index contributed by atoms with van der Waals surface area (Å²) < 4.78 is 16.9. The minimum absolute atomic E-state index is 0.148. The zero-order valence-corrected chi connectivity index (χ0v) is 17.1. The third-order valence-electron chi connectivity index (χ3n) is 5.78. The van der Waals surface area contributed by atoms with Crippen molar-refractivity contribution >= 4 is 22.5 Å². The van der Waals surface area contributed by atoms with Gasteiger partial charge in [0, 0.05) is 37.1 Å². The molecule has 9 heteroatoms. The largest absolute Gasteiger partial charge is 0.488 e. The van der Waals surface area contributed by atoms with E-state index in [1.807, 2.05) is 19.1 Å². The average Bonchev–Trinajstić information content (AvgIpc) is 3.25. The summed E-state index contributed by atoms with van der Waals surface area (Å²) in [6.45, 7) is 5.08. The van der Waals surface area contributed by atoms with Gasteiger partial charge in [0.2, 0.25) is 0 Å². The quantitative estimate of drug-likeness (QED) is 0.680. The molecule has 0 bridgehead atoms. The third kappa shape index (κ3) is 4.16. The molecule has 3 aromatic rings. The molecule has 0 unspecified atom stereocenters. The van der Waals surface area contributed by atoms with Gasteiger partial charge < -0.3 is 19.7 Å². The van der Waals surface area contributed by atoms with Crippen LogP contribution in [-0.2, 0) is 4.74 Å². The zero-order valence-electron chi connectivity index (χ0n) is 17.1. The van der Waals surface area contributed by atoms with Crippen LogP contribution in [0.1, 0.15) is 31.5 Å². The number of morpholine rings is 1. The standard InChI is InChI=1S/C21H26N6O3/c1-14-22-7-6-20(23-14)24-15-2-4-17(5-3-15)29-19-13-16(27-8-10-28-11-9-27)12-18-21(19)26-30-25-18/h6-7,12-13,15,17H,2-5,8-11H2,1H3,(H,22,23,24). The SMILES string of the molecule is Cc1nccc(NC2CCC(Oc3cc(N4CCOCC4)cc4nonc34)CC2)n1. The first-order valence-corrected chi connectivity index (χ1v) is 10.6. The number of nitrogens with one attached hydrogen (secondary N) is 1. The second-order valence-electron chi connectivity index (χ2n) is 7.90. The Bertz CT molecular complexity index is 995. The fourth-order valence-corrected chi connectivity index (χ4v) is 4.19. The Morgan fingerprint density at radius 2 is 1.93 bits per heavy atom. The van der Waals surface area contributed by atoms with Crippen LogP contribution >= 0.6 is 0 Å². The Labute approximate surface area is 174 Å². The van der Waals surface area contributed by atoms with Crippen LogP contribution in [-0.4, -0.2) is 58.7 Å². The molecule has 3 heterocycles. The molecular weight excluding hydrogens is 384 g/mol. The van der Waals surface area contributed by atoms with Gasteiger partial charge in [-0.3, -0.25) is 0 Å². The lowest BCUT2D eigenvalue weighted by molar-refractivity contribution is 0.122. The van der Waals surface area contributed by atoms with E-state index < -0.39 is 0 Å². The van der Waals surface area contributed by atoms with Crippen molar-refractivity contribution in [2.75, 3.05) is 36.5 Å². The fraction of sp³-hybridized carbons (Fsp3) is 0.524. The van der Waals surface area contributed by atoms with E-state index in [0.29, 0.717) is 11.6 Å². The van der Waals surface area contributed by atoms with Crippen molar-refractivity contribution in [3.05, 3.63) is 30.2 Å². The van der Waals surface area contributed by atoms with Gasteiger partial charge in [0.15, 0.2) is 11.3 Å². The van der Waals surface area contributed by atoms with Gasteiger partial charge in [-0.25, -0.2) is 14.6 Å². The molecule has 158 valence electrons. The smallest absolute Gasteiger partial charge is 0.177 e. The normalized spacial score (nSPS) is 22.2. The molecule has 2 aliphatic rings. The maximum Gasteiger partial charge on any atom is 0.177 e. The zero-order chi connectivity index (χ0) is 20.3. The van der Waals surface area contributed by atoms with Gasteiger partial charge in [-0.1, -0.05) is 0 Å². The molecule has 30 heavy (non-hydrogen) atoms. The molecule has 2 aromatic heterocycles. The number of aromatic nitrogens is 4.